The van der Waals surface area contributed by atoms with Crippen LogP contribution in [0.3, 0.4) is 0 Å². The minimum absolute atomic E-state index is 0.342. The lowest BCUT2D eigenvalue weighted by Gasteiger charge is -2.28. The quantitative estimate of drug-likeness (QED) is 0.494. The van der Waals surface area contributed by atoms with E-state index in [1.807, 2.05) is 18.2 Å². The standard InChI is InChI=1S/C15H19N3O/c1-18-8-6-11(7-9-18)15(17-19)14-10-12-4-2-3-5-13(12)16-14/h2-5,10-11,16,19H,6-9H2,1H3/b17-15-. The van der Waals surface area contributed by atoms with E-state index in [0.29, 0.717) is 5.92 Å². The number of nitrogens with zero attached hydrogens (tertiary/aromatic N) is 2. The normalized spacial score (nSPS) is 19.1. The van der Waals surface area contributed by atoms with Crippen molar-refractivity contribution in [3.63, 3.8) is 0 Å². The number of aromatic nitrogens is 1. The van der Waals surface area contributed by atoms with E-state index in [4.69, 9.17) is 0 Å². The number of nitrogens with one attached hydrogen (secondary N) is 1. The summed E-state index contributed by atoms with van der Waals surface area (Å²) in [7, 11) is 2.13. The molecule has 1 aromatic carbocycles. The number of H-pyrrole nitrogens is 1. The highest BCUT2D eigenvalue weighted by Crippen LogP contribution is 2.24. The molecule has 1 aliphatic heterocycles. The second-order valence-corrected chi connectivity index (χ2v) is 5.33. The van der Waals surface area contributed by atoms with Gasteiger partial charge in [-0.3, -0.25) is 0 Å². The number of hydrogen-bond acceptors (Lipinski definition) is 3. The van der Waals surface area contributed by atoms with Crippen LogP contribution in [0.15, 0.2) is 35.5 Å². The fraction of sp³-hybridized carbons (Fsp3) is 0.400. The smallest absolute Gasteiger partial charge is 0.106 e. The number of benzene rings is 1. The topological polar surface area (TPSA) is 51.6 Å². The van der Waals surface area contributed by atoms with Crippen LogP contribution in [0.2, 0.25) is 0 Å². The Morgan fingerprint density at radius 3 is 2.74 bits per heavy atom. The van der Waals surface area contributed by atoms with E-state index in [-0.39, 0.29) is 0 Å². The molecule has 3 rings (SSSR count). The first kappa shape index (κ1) is 12.2. The summed E-state index contributed by atoms with van der Waals surface area (Å²) in [5, 5.41) is 14.1. The zero-order valence-electron chi connectivity index (χ0n) is 11.1. The lowest BCUT2D eigenvalue weighted by Crippen LogP contribution is -2.34. The number of aromatic amines is 1. The molecular formula is C15H19N3O. The Kier molecular flexibility index (Phi) is 3.25. The molecule has 0 radical (unpaired) electrons. The third-order valence-corrected chi connectivity index (χ3v) is 4.02. The number of para-hydroxylation sites is 1. The molecule has 0 aliphatic carbocycles. The second kappa shape index (κ2) is 5.05. The zero-order valence-corrected chi connectivity index (χ0v) is 11.1. The average molecular weight is 257 g/mol. The molecule has 1 saturated heterocycles. The predicted molar refractivity (Wildman–Crippen MR) is 76.8 cm³/mol. The number of fused-ring (bicyclic) bond motifs is 1. The summed E-state index contributed by atoms with van der Waals surface area (Å²) < 4.78 is 0. The van der Waals surface area contributed by atoms with E-state index in [9.17, 15) is 5.21 Å². The van der Waals surface area contributed by atoms with Crippen LogP contribution < -0.4 is 0 Å². The van der Waals surface area contributed by atoms with Gasteiger partial charge in [-0.1, -0.05) is 23.4 Å². The van der Waals surface area contributed by atoms with E-state index >= 15 is 0 Å². The first-order chi connectivity index (χ1) is 9.28. The summed E-state index contributed by atoms with van der Waals surface area (Å²) in [6.45, 7) is 2.12. The zero-order chi connectivity index (χ0) is 13.2. The second-order valence-electron chi connectivity index (χ2n) is 5.33. The Balaban J connectivity index is 1.90. The number of likely N-dealkylation sites (tertiary alicyclic amines) is 1. The van der Waals surface area contributed by atoms with Crippen molar-refractivity contribution in [3.05, 3.63) is 36.0 Å². The highest BCUT2D eigenvalue weighted by molar-refractivity contribution is 6.04. The first-order valence-electron chi connectivity index (χ1n) is 6.76. The fourth-order valence-electron chi connectivity index (χ4n) is 2.85. The van der Waals surface area contributed by atoms with Crippen molar-refractivity contribution < 1.29 is 5.21 Å². The van der Waals surface area contributed by atoms with Gasteiger partial charge in [0, 0.05) is 16.8 Å². The van der Waals surface area contributed by atoms with Crippen LogP contribution >= 0.6 is 0 Å². The fourth-order valence-corrected chi connectivity index (χ4v) is 2.85. The number of oxime groups is 1. The van der Waals surface area contributed by atoms with Crippen molar-refractivity contribution in [2.75, 3.05) is 20.1 Å². The Morgan fingerprint density at radius 1 is 1.32 bits per heavy atom. The molecule has 1 aliphatic rings. The van der Waals surface area contributed by atoms with Gasteiger partial charge in [0.25, 0.3) is 0 Å². The third kappa shape index (κ3) is 2.36. The summed E-state index contributed by atoms with van der Waals surface area (Å²) in [5.41, 5.74) is 2.83. The molecular weight excluding hydrogens is 238 g/mol. The van der Waals surface area contributed by atoms with E-state index < -0.39 is 0 Å². The van der Waals surface area contributed by atoms with Crippen molar-refractivity contribution >= 4 is 16.6 Å². The lowest BCUT2D eigenvalue weighted by atomic mass is 9.90. The Labute approximate surface area is 112 Å². The summed E-state index contributed by atoms with van der Waals surface area (Å²) in [4.78, 5) is 5.67. The van der Waals surface area contributed by atoms with Crippen LogP contribution in [0.25, 0.3) is 10.9 Å². The van der Waals surface area contributed by atoms with Crippen molar-refractivity contribution in [2.45, 2.75) is 12.8 Å². The van der Waals surface area contributed by atoms with Crippen molar-refractivity contribution in [1.82, 2.24) is 9.88 Å². The largest absolute Gasteiger partial charge is 0.411 e. The van der Waals surface area contributed by atoms with Crippen LogP contribution in [0, 0.1) is 5.92 Å². The molecule has 4 heteroatoms. The van der Waals surface area contributed by atoms with Crippen molar-refractivity contribution in [3.8, 4) is 0 Å². The van der Waals surface area contributed by atoms with Gasteiger partial charge >= 0.3 is 0 Å². The molecule has 2 aromatic rings. The molecule has 0 amide bonds. The molecule has 1 aromatic heterocycles. The minimum atomic E-state index is 0.342. The summed E-state index contributed by atoms with van der Waals surface area (Å²) in [6, 6.07) is 10.2. The maximum absolute atomic E-state index is 9.38. The van der Waals surface area contributed by atoms with Crippen LogP contribution in [0.4, 0.5) is 0 Å². The number of piperidine rings is 1. The average Bonchev–Trinajstić information content (AvgIpc) is 2.85. The molecule has 0 bridgehead atoms. The van der Waals surface area contributed by atoms with E-state index in [1.54, 1.807) is 0 Å². The van der Waals surface area contributed by atoms with Gasteiger partial charge < -0.3 is 15.1 Å². The molecule has 0 saturated carbocycles. The van der Waals surface area contributed by atoms with Gasteiger partial charge in [0.2, 0.25) is 0 Å². The SMILES string of the molecule is CN1CCC(/C(=N/O)c2cc3ccccc3[nH]2)CC1. The van der Waals surface area contributed by atoms with Gasteiger partial charge in [-0.05, 0) is 45.1 Å². The molecule has 100 valence electrons. The van der Waals surface area contributed by atoms with E-state index in [1.165, 1.54) is 0 Å². The van der Waals surface area contributed by atoms with Crippen LogP contribution in [0.1, 0.15) is 18.5 Å². The molecule has 19 heavy (non-hydrogen) atoms. The van der Waals surface area contributed by atoms with Crippen LogP contribution in [-0.4, -0.2) is 40.9 Å². The number of rotatable bonds is 2. The van der Waals surface area contributed by atoms with E-state index in [0.717, 1.165) is 48.2 Å². The van der Waals surface area contributed by atoms with Gasteiger partial charge in [0.15, 0.2) is 0 Å². The predicted octanol–water partition coefficient (Wildman–Crippen LogP) is 2.69. The van der Waals surface area contributed by atoms with Gasteiger partial charge in [-0.15, -0.1) is 0 Å². The molecule has 1 fully saturated rings. The molecule has 0 atom stereocenters. The Morgan fingerprint density at radius 2 is 2.05 bits per heavy atom. The highest BCUT2D eigenvalue weighted by Gasteiger charge is 2.24. The van der Waals surface area contributed by atoms with Crippen molar-refractivity contribution in [2.24, 2.45) is 11.1 Å². The first-order valence-corrected chi connectivity index (χ1v) is 6.76. The highest BCUT2D eigenvalue weighted by atomic mass is 16.4. The van der Waals surface area contributed by atoms with Gasteiger partial charge in [-0.25, -0.2) is 0 Å². The van der Waals surface area contributed by atoms with Gasteiger partial charge in [0.05, 0.1) is 5.69 Å². The summed E-state index contributed by atoms with van der Waals surface area (Å²) in [5.74, 6) is 0.342. The summed E-state index contributed by atoms with van der Waals surface area (Å²) in [6.07, 6.45) is 2.09. The lowest BCUT2D eigenvalue weighted by molar-refractivity contribution is 0.246. The molecule has 0 unspecified atom stereocenters. The monoisotopic (exact) mass is 257 g/mol. The van der Waals surface area contributed by atoms with Crippen LogP contribution in [-0.2, 0) is 0 Å². The number of hydrogen-bond donors (Lipinski definition) is 2. The maximum Gasteiger partial charge on any atom is 0.106 e. The van der Waals surface area contributed by atoms with Crippen LogP contribution in [0.5, 0.6) is 0 Å². The Bertz CT molecular complexity index is 561. The van der Waals surface area contributed by atoms with E-state index in [2.05, 4.69) is 34.2 Å². The minimum Gasteiger partial charge on any atom is -0.411 e. The molecule has 0 spiro atoms. The van der Waals surface area contributed by atoms with Crippen molar-refractivity contribution in [1.29, 1.82) is 0 Å². The summed E-state index contributed by atoms with van der Waals surface area (Å²) >= 11 is 0. The van der Waals surface area contributed by atoms with Gasteiger partial charge in [0.1, 0.15) is 5.71 Å². The molecule has 4 nitrogen and oxygen atoms in total. The molecule has 2 heterocycles. The molecule has 2 N–H and O–H groups in total. The maximum atomic E-state index is 9.38. The third-order valence-electron chi connectivity index (χ3n) is 4.02. The Hall–Kier alpha value is -1.81. The van der Waals surface area contributed by atoms with Gasteiger partial charge in [-0.2, -0.15) is 0 Å².